The average Bonchev–Trinajstić information content (AvgIpc) is 3.27. The van der Waals surface area contributed by atoms with Gasteiger partial charge in [0.05, 0.1) is 24.5 Å². The highest BCUT2D eigenvalue weighted by Gasteiger charge is 2.24. The van der Waals surface area contributed by atoms with E-state index in [1.165, 1.54) is 5.56 Å². The van der Waals surface area contributed by atoms with Crippen molar-refractivity contribution in [3.05, 3.63) is 76.5 Å². The Bertz CT molecular complexity index is 958. The van der Waals surface area contributed by atoms with Gasteiger partial charge in [0, 0.05) is 29.8 Å². The molecule has 2 heterocycles. The number of rotatable bonds is 5. The van der Waals surface area contributed by atoms with Gasteiger partial charge in [0.2, 0.25) is 0 Å². The molecule has 0 bridgehead atoms. The molecule has 0 saturated heterocycles. The monoisotopic (exact) mass is 378 g/mol. The van der Waals surface area contributed by atoms with Gasteiger partial charge in [0.15, 0.2) is 0 Å². The molecule has 0 spiro atoms. The lowest BCUT2D eigenvalue weighted by Gasteiger charge is -2.22. The smallest absolute Gasteiger partial charge is 0.315 e. The van der Waals surface area contributed by atoms with Crippen molar-refractivity contribution in [3.63, 3.8) is 0 Å². The first-order valence-corrected chi connectivity index (χ1v) is 9.79. The van der Waals surface area contributed by atoms with E-state index in [9.17, 15) is 4.79 Å². The highest BCUT2D eigenvalue weighted by atomic mass is 16.3. The van der Waals surface area contributed by atoms with Crippen molar-refractivity contribution in [2.24, 2.45) is 0 Å². The fourth-order valence-corrected chi connectivity index (χ4v) is 3.91. The highest BCUT2D eigenvalue weighted by Crippen LogP contribution is 2.30. The Hall–Kier alpha value is -3.02. The van der Waals surface area contributed by atoms with E-state index in [0.717, 1.165) is 54.1 Å². The van der Waals surface area contributed by atoms with Gasteiger partial charge in [-0.25, -0.2) is 4.79 Å². The number of aryl methyl sites for hydroxylation is 2. The molecule has 1 aliphatic carbocycles. The zero-order chi connectivity index (χ0) is 19.5. The van der Waals surface area contributed by atoms with Gasteiger partial charge in [-0.05, 0) is 38.3 Å². The Balaban J connectivity index is 1.38. The fourth-order valence-electron chi connectivity index (χ4n) is 3.91. The van der Waals surface area contributed by atoms with E-state index < -0.39 is 0 Å². The van der Waals surface area contributed by atoms with E-state index in [-0.39, 0.29) is 12.1 Å². The molecule has 4 rings (SSSR count). The van der Waals surface area contributed by atoms with Crippen LogP contribution < -0.4 is 10.6 Å². The average molecular weight is 378 g/mol. The number of amides is 2. The zero-order valence-electron chi connectivity index (χ0n) is 16.4. The number of nitrogens with zero attached hydrogens (tertiary/aromatic N) is 2. The molecule has 0 aliphatic heterocycles. The van der Waals surface area contributed by atoms with E-state index in [4.69, 9.17) is 4.42 Å². The van der Waals surface area contributed by atoms with Gasteiger partial charge in [0.1, 0.15) is 5.76 Å². The van der Waals surface area contributed by atoms with Gasteiger partial charge < -0.3 is 15.1 Å². The second-order valence-electron chi connectivity index (χ2n) is 7.36. The topological polar surface area (TPSA) is 72.1 Å². The maximum atomic E-state index is 12.5. The quantitative estimate of drug-likeness (QED) is 0.704. The number of furan rings is 1. The van der Waals surface area contributed by atoms with Crippen LogP contribution in [0.1, 0.15) is 52.7 Å². The van der Waals surface area contributed by atoms with Crippen molar-refractivity contribution in [3.8, 4) is 0 Å². The molecular formula is C22H26N4O2. The summed E-state index contributed by atoms with van der Waals surface area (Å²) < 4.78 is 7.50. The Labute approximate surface area is 164 Å². The van der Waals surface area contributed by atoms with Crippen molar-refractivity contribution in [2.75, 3.05) is 0 Å². The fraction of sp³-hybridized carbons (Fsp3) is 0.364. The molecule has 2 amide bonds. The normalized spacial score (nSPS) is 15.9. The second kappa shape index (κ2) is 7.92. The summed E-state index contributed by atoms with van der Waals surface area (Å²) in [6, 6.07) is 12.1. The van der Waals surface area contributed by atoms with Crippen LogP contribution in [0.2, 0.25) is 0 Å². The zero-order valence-corrected chi connectivity index (χ0v) is 16.4. The molecule has 0 fully saturated rings. The molecule has 1 aromatic carbocycles. The number of fused-ring (bicyclic) bond motifs is 1. The van der Waals surface area contributed by atoms with Crippen molar-refractivity contribution >= 4 is 6.03 Å². The summed E-state index contributed by atoms with van der Waals surface area (Å²) in [7, 11) is 0. The van der Waals surface area contributed by atoms with Crippen LogP contribution in [0.5, 0.6) is 0 Å². The Kier molecular flexibility index (Phi) is 5.19. The molecule has 3 aromatic rings. The molecule has 1 atom stereocenters. The van der Waals surface area contributed by atoms with Gasteiger partial charge in [-0.2, -0.15) is 5.10 Å². The minimum absolute atomic E-state index is 0.0190. The van der Waals surface area contributed by atoms with Crippen molar-refractivity contribution in [1.29, 1.82) is 0 Å². The number of carbonyl (C=O) groups is 1. The summed E-state index contributed by atoms with van der Waals surface area (Å²) in [5.41, 5.74) is 5.40. The number of urea groups is 1. The molecule has 1 unspecified atom stereocenters. The van der Waals surface area contributed by atoms with Gasteiger partial charge in [-0.1, -0.05) is 30.3 Å². The lowest BCUT2D eigenvalue weighted by Crippen LogP contribution is -2.38. The van der Waals surface area contributed by atoms with Crippen LogP contribution in [0, 0.1) is 13.8 Å². The minimum Gasteiger partial charge on any atom is -0.469 e. The summed E-state index contributed by atoms with van der Waals surface area (Å²) >= 11 is 0. The first-order chi connectivity index (χ1) is 13.6. The Morgan fingerprint density at radius 2 is 2.07 bits per heavy atom. The lowest BCUT2D eigenvalue weighted by atomic mass is 9.93. The Morgan fingerprint density at radius 3 is 2.89 bits per heavy atom. The molecule has 0 saturated carbocycles. The SMILES string of the molecule is Cc1nn(Cc2ccccc2)c(C)c1CNC(=O)NC1CCCc2occc21. The molecule has 1 aliphatic rings. The third kappa shape index (κ3) is 3.81. The van der Waals surface area contributed by atoms with Gasteiger partial charge in [-0.15, -0.1) is 0 Å². The van der Waals surface area contributed by atoms with E-state index in [0.29, 0.717) is 6.54 Å². The lowest BCUT2D eigenvalue weighted by molar-refractivity contribution is 0.234. The van der Waals surface area contributed by atoms with Crippen molar-refractivity contribution in [1.82, 2.24) is 20.4 Å². The maximum absolute atomic E-state index is 12.5. The third-order valence-corrected chi connectivity index (χ3v) is 5.49. The van der Waals surface area contributed by atoms with Gasteiger partial charge >= 0.3 is 6.03 Å². The van der Waals surface area contributed by atoms with Gasteiger partial charge in [-0.3, -0.25) is 4.68 Å². The first kappa shape index (κ1) is 18.3. The van der Waals surface area contributed by atoms with Crippen molar-refractivity contribution < 1.29 is 9.21 Å². The third-order valence-electron chi connectivity index (χ3n) is 5.49. The van der Waals surface area contributed by atoms with E-state index in [2.05, 4.69) is 34.8 Å². The van der Waals surface area contributed by atoms with Crippen LogP contribution in [-0.2, 0) is 19.5 Å². The molecule has 2 N–H and O–H groups in total. The molecule has 6 nitrogen and oxygen atoms in total. The number of nitrogens with one attached hydrogen (secondary N) is 2. The van der Waals surface area contributed by atoms with Gasteiger partial charge in [0.25, 0.3) is 0 Å². The highest BCUT2D eigenvalue weighted by molar-refractivity contribution is 5.74. The molecular weight excluding hydrogens is 352 g/mol. The number of benzene rings is 1. The molecule has 6 heteroatoms. The second-order valence-corrected chi connectivity index (χ2v) is 7.36. The van der Waals surface area contributed by atoms with E-state index >= 15 is 0 Å². The first-order valence-electron chi connectivity index (χ1n) is 9.79. The summed E-state index contributed by atoms with van der Waals surface area (Å²) in [4.78, 5) is 12.5. The van der Waals surface area contributed by atoms with Crippen LogP contribution in [0.3, 0.4) is 0 Å². The summed E-state index contributed by atoms with van der Waals surface area (Å²) in [6.45, 7) is 5.23. The number of hydrogen-bond acceptors (Lipinski definition) is 3. The molecule has 146 valence electrons. The minimum atomic E-state index is -0.159. The Morgan fingerprint density at radius 1 is 1.25 bits per heavy atom. The van der Waals surface area contributed by atoms with Crippen LogP contribution in [0.15, 0.2) is 47.1 Å². The number of hydrogen-bond donors (Lipinski definition) is 2. The number of carbonyl (C=O) groups excluding carboxylic acids is 1. The maximum Gasteiger partial charge on any atom is 0.315 e. The van der Waals surface area contributed by atoms with E-state index in [1.807, 2.05) is 35.9 Å². The summed E-state index contributed by atoms with van der Waals surface area (Å²) in [5, 5.41) is 10.7. The molecule has 2 aromatic heterocycles. The van der Waals surface area contributed by atoms with Crippen LogP contribution in [0.4, 0.5) is 4.79 Å². The molecule has 0 radical (unpaired) electrons. The van der Waals surface area contributed by atoms with Crippen LogP contribution in [-0.4, -0.2) is 15.8 Å². The van der Waals surface area contributed by atoms with Crippen molar-refractivity contribution in [2.45, 2.75) is 52.2 Å². The van der Waals surface area contributed by atoms with Crippen LogP contribution >= 0.6 is 0 Å². The standard InChI is InChI=1S/C22H26N4O2/c1-15-19(16(2)26(25-15)14-17-7-4-3-5-8-17)13-23-22(27)24-20-9-6-10-21-18(20)11-12-28-21/h3-5,7-8,11-12,20H,6,9-10,13-14H2,1-2H3,(H2,23,24,27). The summed E-state index contributed by atoms with van der Waals surface area (Å²) in [6.07, 6.45) is 4.61. The predicted molar refractivity (Wildman–Crippen MR) is 107 cm³/mol. The van der Waals surface area contributed by atoms with E-state index in [1.54, 1.807) is 6.26 Å². The predicted octanol–water partition coefficient (Wildman–Crippen LogP) is 4.02. The summed E-state index contributed by atoms with van der Waals surface area (Å²) in [5.74, 6) is 0.991. The number of aromatic nitrogens is 2. The van der Waals surface area contributed by atoms with Crippen LogP contribution in [0.25, 0.3) is 0 Å². The molecule has 28 heavy (non-hydrogen) atoms. The largest absolute Gasteiger partial charge is 0.469 e.